The van der Waals surface area contributed by atoms with Crippen molar-refractivity contribution < 1.29 is 19.1 Å². The molecule has 0 N–H and O–H groups in total. The first kappa shape index (κ1) is 29.5. The number of aryl methyl sites for hydroxylation is 2. The summed E-state index contributed by atoms with van der Waals surface area (Å²) in [6, 6.07) is 14.3. The SMILES string of the molecule is COc1ccc(N2CCN(C(=O)c3cnn(-c4ccc(C)c(C)c4)c3C3CCN(C(=O)OC(C)(C)C)CC3)CC2)cc1. The number of methoxy groups -OCH3 is 1. The van der Waals surface area contributed by atoms with Crippen LogP contribution in [0.4, 0.5) is 10.5 Å². The van der Waals surface area contributed by atoms with E-state index in [-0.39, 0.29) is 17.9 Å². The topological polar surface area (TPSA) is 80.1 Å². The fourth-order valence-corrected chi connectivity index (χ4v) is 5.77. The summed E-state index contributed by atoms with van der Waals surface area (Å²) in [4.78, 5) is 32.8. The summed E-state index contributed by atoms with van der Waals surface area (Å²) < 4.78 is 12.9. The molecule has 2 aromatic carbocycles. The third kappa shape index (κ3) is 6.40. The van der Waals surface area contributed by atoms with Gasteiger partial charge in [-0.3, -0.25) is 4.79 Å². The van der Waals surface area contributed by atoms with Gasteiger partial charge >= 0.3 is 6.09 Å². The Kier molecular flexibility index (Phi) is 8.48. The van der Waals surface area contributed by atoms with Gasteiger partial charge in [0.25, 0.3) is 5.91 Å². The number of hydrogen-bond acceptors (Lipinski definition) is 6. The number of piperidine rings is 1. The van der Waals surface area contributed by atoms with Gasteiger partial charge in [0.2, 0.25) is 0 Å². The van der Waals surface area contributed by atoms with Crippen molar-refractivity contribution in [3.05, 3.63) is 71.0 Å². The van der Waals surface area contributed by atoms with Crippen LogP contribution < -0.4 is 9.64 Å². The molecule has 0 spiro atoms. The van der Waals surface area contributed by atoms with Crippen molar-refractivity contribution in [2.45, 2.75) is 59.0 Å². The van der Waals surface area contributed by atoms with Crippen LogP contribution in [0.25, 0.3) is 5.69 Å². The molecule has 0 radical (unpaired) electrons. The fourth-order valence-electron chi connectivity index (χ4n) is 5.77. The van der Waals surface area contributed by atoms with E-state index in [1.165, 1.54) is 11.1 Å². The zero-order chi connectivity index (χ0) is 30.0. The van der Waals surface area contributed by atoms with E-state index in [0.29, 0.717) is 31.7 Å². The number of amides is 2. The lowest BCUT2D eigenvalue weighted by Crippen LogP contribution is -2.49. The highest BCUT2D eigenvalue weighted by atomic mass is 16.6. The van der Waals surface area contributed by atoms with E-state index in [0.717, 1.165) is 48.7 Å². The second-order valence-electron chi connectivity index (χ2n) is 12.3. The molecule has 0 unspecified atom stereocenters. The largest absolute Gasteiger partial charge is 0.497 e. The van der Waals surface area contributed by atoms with E-state index < -0.39 is 5.60 Å². The summed E-state index contributed by atoms with van der Waals surface area (Å²) in [5.41, 5.74) is 5.52. The van der Waals surface area contributed by atoms with Crippen molar-refractivity contribution in [1.82, 2.24) is 19.6 Å². The van der Waals surface area contributed by atoms with Crippen molar-refractivity contribution in [1.29, 1.82) is 0 Å². The Hall–Kier alpha value is -4.01. The Morgan fingerprint density at radius 3 is 2.07 bits per heavy atom. The van der Waals surface area contributed by atoms with Gasteiger partial charge < -0.3 is 24.2 Å². The number of benzene rings is 2. The number of rotatable bonds is 5. The number of ether oxygens (including phenoxy) is 2. The maximum atomic E-state index is 14.0. The first-order valence-corrected chi connectivity index (χ1v) is 14.9. The Balaban J connectivity index is 1.36. The van der Waals surface area contributed by atoms with Crippen LogP contribution in [0.5, 0.6) is 5.75 Å². The van der Waals surface area contributed by atoms with Crippen LogP contribution in [0.15, 0.2) is 48.7 Å². The van der Waals surface area contributed by atoms with Crippen LogP contribution in [-0.4, -0.2) is 83.6 Å². The lowest BCUT2D eigenvalue weighted by Gasteiger charge is -2.37. The predicted molar refractivity (Wildman–Crippen MR) is 164 cm³/mol. The number of aromatic nitrogens is 2. The smallest absolute Gasteiger partial charge is 0.410 e. The van der Waals surface area contributed by atoms with Crippen LogP contribution >= 0.6 is 0 Å². The summed E-state index contributed by atoms with van der Waals surface area (Å²) in [6.45, 7) is 13.8. The first-order chi connectivity index (χ1) is 20.0. The summed E-state index contributed by atoms with van der Waals surface area (Å²) in [7, 11) is 1.67. The number of carbonyl (C=O) groups is 2. The normalized spacial score (nSPS) is 16.5. The quantitative estimate of drug-likeness (QED) is 0.397. The molecule has 2 amide bonds. The third-order valence-corrected chi connectivity index (χ3v) is 8.31. The molecular weight excluding hydrogens is 530 g/mol. The van der Waals surface area contributed by atoms with Crippen molar-refractivity contribution >= 4 is 17.7 Å². The van der Waals surface area contributed by atoms with E-state index >= 15 is 0 Å². The van der Waals surface area contributed by atoms with Crippen LogP contribution in [0, 0.1) is 13.8 Å². The molecule has 0 bridgehead atoms. The van der Waals surface area contributed by atoms with Gasteiger partial charge in [0.1, 0.15) is 11.4 Å². The second kappa shape index (κ2) is 12.1. The molecule has 9 nitrogen and oxygen atoms in total. The minimum atomic E-state index is -0.535. The van der Waals surface area contributed by atoms with E-state index in [2.05, 4.69) is 49.1 Å². The van der Waals surface area contributed by atoms with Gasteiger partial charge in [-0.15, -0.1) is 0 Å². The van der Waals surface area contributed by atoms with E-state index in [1.54, 1.807) is 18.2 Å². The number of nitrogens with zero attached hydrogens (tertiary/aromatic N) is 5. The molecule has 2 saturated heterocycles. The summed E-state index contributed by atoms with van der Waals surface area (Å²) >= 11 is 0. The molecule has 5 rings (SSSR count). The van der Waals surface area contributed by atoms with E-state index in [4.69, 9.17) is 14.6 Å². The number of anilines is 1. The molecule has 2 aliphatic heterocycles. The first-order valence-electron chi connectivity index (χ1n) is 14.9. The fraction of sp³-hybridized carbons (Fsp3) is 0.485. The van der Waals surface area contributed by atoms with Crippen molar-refractivity contribution in [2.75, 3.05) is 51.3 Å². The van der Waals surface area contributed by atoms with E-state index in [9.17, 15) is 9.59 Å². The highest BCUT2D eigenvalue weighted by molar-refractivity contribution is 5.95. The van der Waals surface area contributed by atoms with Gasteiger partial charge in [-0.25, -0.2) is 9.48 Å². The van der Waals surface area contributed by atoms with Crippen molar-refractivity contribution in [3.63, 3.8) is 0 Å². The minimum Gasteiger partial charge on any atom is -0.497 e. The average molecular weight is 574 g/mol. The molecule has 42 heavy (non-hydrogen) atoms. The van der Waals surface area contributed by atoms with Crippen molar-refractivity contribution in [3.8, 4) is 11.4 Å². The zero-order valence-electron chi connectivity index (χ0n) is 25.7. The standard InChI is InChI=1S/C33H43N5O4/c1-23-7-8-27(21-24(23)2)38-30(25-13-15-37(16-14-25)32(40)42-33(3,4)5)29(22-34-38)31(39)36-19-17-35(18-20-36)26-9-11-28(41-6)12-10-26/h7-12,21-22,25H,13-20H2,1-6H3. The van der Waals surface area contributed by atoms with Gasteiger partial charge in [0.15, 0.2) is 0 Å². The molecule has 0 saturated carbocycles. The molecule has 0 atom stereocenters. The van der Waals surface area contributed by atoms with Gasteiger partial charge in [-0.2, -0.15) is 5.10 Å². The molecule has 3 aromatic rings. The van der Waals surface area contributed by atoms with Crippen LogP contribution in [-0.2, 0) is 4.74 Å². The Morgan fingerprint density at radius 1 is 0.833 bits per heavy atom. The lowest BCUT2D eigenvalue weighted by atomic mass is 9.90. The minimum absolute atomic E-state index is 0.0176. The van der Waals surface area contributed by atoms with Crippen LogP contribution in [0.2, 0.25) is 0 Å². The van der Waals surface area contributed by atoms with Crippen LogP contribution in [0.1, 0.15) is 66.7 Å². The third-order valence-electron chi connectivity index (χ3n) is 8.31. The molecule has 0 aliphatic carbocycles. The molecule has 1 aromatic heterocycles. The number of hydrogen-bond donors (Lipinski definition) is 0. The molecule has 2 aliphatic rings. The maximum absolute atomic E-state index is 14.0. The Labute approximate surface area is 249 Å². The van der Waals surface area contributed by atoms with Gasteiger partial charge in [-0.05, 0) is 95.0 Å². The average Bonchev–Trinajstić information content (AvgIpc) is 3.43. The van der Waals surface area contributed by atoms with E-state index in [1.807, 2.05) is 42.5 Å². The molecule has 2 fully saturated rings. The van der Waals surface area contributed by atoms with Gasteiger partial charge in [-0.1, -0.05) is 6.07 Å². The lowest BCUT2D eigenvalue weighted by molar-refractivity contribution is 0.0203. The number of piperazine rings is 1. The summed E-state index contributed by atoms with van der Waals surface area (Å²) in [6.07, 6.45) is 2.93. The van der Waals surface area contributed by atoms with Crippen molar-refractivity contribution in [2.24, 2.45) is 0 Å². The molecule has 3 heterocycles. The van der Waals surface area contributed by atoms with Gasteiger partial charge in [0, 0.05) is 50.9 Å². The molecular formula is C33H43N5O4. The van der Waals surface area contributed by atoms with Gasteiger partial charge in [0.05, 0.1) is 30.3 Å². The molecule has 9 heteroatoms. The summed E-state index contributed by atoms with van der Waals surface area (Å²) in [5.74, 6) is 0.939. The zero-order valence-corrected chi connectivity index (χ0v) is 25.7. The summed E-state index contributed by atoms with van der Waals surface area (Å²) in [5, 5.41) is 4.77. The Morgan fingerprint density at radius 2 is 1.48 bits per heavy atom. The molecule has 224 valence electrons. The number of likely N-dealkylation sites (tertiary alicyclic amines) is 1. The monoisotopic (exact) mass is 573 g/mol. The predicted octanol–water partition coefficient (Wildman–Crippen LogP) is 5.57. The van der Waals surface area contributed by atoms with Crippen LogP contribution in [0.3, 0.4) is 0 Å². The second-order valence-corrected chi connectivity index (χ2v) is 12.3. The maximum Gasteiger partial charge on any atom is 0.410 e. The number of carbonyl (C=O) groups excluding carboxylic acids is 2. The Bertz CT molecular complexity index is 1410. The highest BCUT2D eigenvalue weighted by Crippen LogP contribution is 2.34. The highest BCUT2D eigenvalue weighted by Gasteiger charge is 2.34.